The van der Waals surface area contributed by atoms with Crippen molar-refractivity contribution in [3.8, 4) is 0 Å². The molecule has 0 amide bonds. The molecule has 0 aliphatic rings. The van der Waals surface area contributed by atoms with E-state index in [1.807, 2.05) is 4.72 Å². The van der Waals surface area contributed by atoms with Crippen molar-refractivity contribution in [3.63, 3.8) is 0 Å². The molecule has 1 rings (SSSR count). The molecule has 0 saturated heterocycles. The van der Waals surface area contributed by atoms with Crippen molar-refractivity contribution in [1.82, 2.24) is 4.72 Å². The van der Waals surface area contributed by atoms with E-state index in [9.17, 15) is 17.6 Å². The second-order valence-electron chi connectivity index (χ2n) is 3.77. The summed E-state index contributed by atoms with van der Waals surface area (Å²) in [6, 6.07) is 0.982. The summed E-state index contributed by atoms with van der Waals surface area (Å²) < 4.78 is 44.2. The minimum absolute atomic E-state index is 0.112. The third-order valence-corrected chi connectivity index (χ3v) is 4.62. The summed E-state index contributed by atoms with van der Waals surface area (Å²) in [4.78, 5) is 10.9. The zero-order chi connectivity index (χ0) is 15.5. The standard InChI is InChI=1S/C11H12Cl2FNO4S/c1-3-19-11(16)6(2)15-20(17,18)8-5-4-7(12)10(14)9(8)13/h4-6,15H,3H2,1-2H3. The Bertz CT molecular complexity index is 621. The molecular weight excluding hydrogens is 332 g/mol. The van der Waals surface area contributed by atoms with Gasteiger partial charge in [0.25, 0.3) is 0 Å². The summed E-state index contributed by atoms with van der Waals surface area (Å²) in [5.41, 5.74) is 0. The van der Waals surface area contributed by atoms with Gasteiger partial charge in [-0.15, -0.1) is 0 Å². The number of sulfonamides is 1. The minimum Gasteiger partial charge on any atom is -0.465 e. The van der Waals surface area contributed by atoms with Crippen molar-refractivity contribution < 1.29 is 22.3 Å². The lowest BCUT2D eigenvalue weighted by Gasteiger charge is -2.14. The van der Waals surface area contributed by atoms with Crippen LogP contribution in [0.3, 0.4) is 0 Å². The van der Waals surface area contributed by atoms with Crippen molar-refractivity contribution in [2.24, 2.45) is 0 Å². The second-order valence-corrected chi connectivity index (χ2v) is 6.24. The average Bonchev–Trinajstić information content (AvgIpc) is 2.35. The first-order chi connectivity index (χ1) is 9.20. The van der Waals surface area contributed by atoms with E-state index in [0.29, 0.717) is 0 Å². The van der Waals surface area contributed by atoms with Gasteiger partial charge in [0.05, 0.1) is 16.7 Å². The maximum Gasteiger partial charge on any atom is 0.323 e. The van der Waals surface area contributed by atoms with Gasteiger partial charge in [0, 0.05) is 0 Å². The fraction of sp³-hybridized carbons (Fsp3) is 0.364. The molecule has 0 fully saturated rings. The number of hydrogen-bond donors (Lipinski definition) is 1. The van der Waals surface area contributed by atoms with Gasteiger partial charge in [0.2, 0.25) is 10.0 Å². The number of benzene rings is 1. The molecule has 9 heteroatoms. The molecule has 1 unspecified atom stereocenters. The second kappa shape index (κ2) is 6.71. The fourth-order valence-corrected chi connectivity index (χ4v) is 3.26. The van der Waals surface area contributed by atoms with Crippen LogP contribution in [0.25, 0.3) is 0 Å². The molecule has 0 aliphatic heterocycles. The SMILES string of the molecule is CCOC(=O)C(C)NS(=O)(=O)c1ccc(Cl)c(F)c1Cl. The molecular formula is C11H12Cl2FNO4S. The molecule has 0 aliphatic carbocycles. The highest BCUT2D eigenvalue weighted by Gasteiger charge is 2.26. The molecule has 0 saturated carbocycles. The van der Waals surface area contributed by atoms with Gasteiger partial charge in [-0.25, -0.2) is 12.8 Å². The lowest BCUT2D eigenvalue weighted by atomic mass is 10.3. The van der Waals surface area contributed by atoms with Crippen molar-refractivity contribution in [3.05, 3.63) is 28.0 Å². The molecule has 0 aromatic heterocycles. The van der Waals surface area contributed by atoms with E-state index in [0.717, 1.165) is 12.1 Å². The van der Waals surface area contributed by atoms with Crippen LogP contribution in [0.5, 0.6) is 0 Å². The predicted octanol–water partition coefficient (Wildman–Crippen LogP) is 2.36. The number of esters is 1. The van der Waals surface area contributed by atoms with Crippen LogP contribution in [0.1, 0.15) is 13.8 Å². The molecule has 20 heavy (non-hydrogen) atoms. The van der Waals surface area contributed by atoms with Gasteiger partial charge in [0.15, 0.2) is 5.82 Å². The predicted molar refractivity (Wildman–Crippen MR) is 72.8 cm³/mol. The molecule has 1 aromatic rings. The molecule has 5 nitrogen and oxygen atoms in total. The van der Waals surface area contributed by atoms with Crippen LogP contribution in [-0.4, -0.2) is 27.0 Å². The smallest absolute Gasteiger partial charge is 0.323 e. The Hall–Kier alpha value is -0.890. The Labute approximate surface area is 126 Å². The first kappa shape index (κ1) is 17.2. The molecule has 0 spiro atoms. The largest absolute Gasteiger partial charge is 0.465 e. The quantitative estimate of drug-likeness (QED) is 0.657. The third-order valence-electron chi connectivity index (χ3n) is 2.26. The van der Waals surface area contributed by atoms with E-state index < -0.39 is 37.8 Å². The maximum absolute atomic E-state index is 13.5. The first-order valence-electron chi connectivity index (χ1n) is 5.53. The van der Waals surface area contributed by atoms with Gasteiger partial charge < -0.3 is 4.74 Å². The monoisotopic (exact) mass is 343 g/mol. The molecule has 1 N–H and O–H groups in total. The lowest BCUT2D eigenvalue weighted by Crippen LogP contribution is -2.39. The van der Waals surface area contributed by atoms with Crippen LogP contribution in [0.15, 0.2) is 17.0 Å². The highest BCUT2D eigenvalue weighted by molar-refractivity contribution is 7.89. The highest BCUT2D eigenvalue weighted by atomic mass is 35.5. The average molecular weight is 344 g/mol. The van der Waals surface area contributed by atoms with Crippen LogP contribution in [0.4, 0.5) is 4.39 Å². The van der Waals surface area contributed by atoms with E-state index in [2.05, 4.69) is 4.74 Å². The molecule has 1 atom stereocenters. The van der Waals surface area contributed by atoms with Crippen LogP contribution < -0.4 is 4.72 Å². The van der Waals surface area contributed by atoms with Crippen molar-refractivity contribution in [2.45, 2.75) is 24.8 Å². The van der Waals surface area contributed by atoms with Crippen molar-refractivity contribution in [2.75, 3.05) is 6.61 Å². The van der Waals surface area contributed by atoms with Crippen LogP contribution in [-0.2, 0) is 19.6 Å². The Morgan fingerprint density at radius 3 is 2.60 bits per heavy atom. The van der Waals surface area contributed by atoms with E-state index in [1.165, 1.54) is 6.92 Å². The Balaban J connectivity index is 3.07. The lowest BCUT2D eigenvalue weighted by molar-refractivity contribution is -0.144. The fourth-order valence-electron chi connectivity index (χ4n) is 1.33. The van der Waals surface area contributed by atoms with Gasteiger partial charge in [0.1, 0.15) is 10.9 Å². The zero-order valence-corrected chi connectivity index (χ0v) is 12.9. The maximum atomic E-state index is 13.5. The van der Waals surface area contributed by atoms with Crippen LogP contribution >= 0.6 is 23.2 Å². The number of ether oxygens (including phenoxy) is 1. The number of hydrogen-bond acceptors (Lipinski definition) is 4. The Morgan fingerprint density at radius 2 is 2.05 bits per heavy atom. The minimum atomic E-state index is -4.17. The first-order valence-corrected chi connectivity index (χ1v) is 7.77. The summed E-state index contributed by atoms with van der Waals surface area (Å²) in [6.45, 7) is 3.00. The molecule has 1 aromatic carbocycles. The molecule has 0 heterocycles. The van der Waals surface area contributed by atoms with E-state index in [-0.39, 0.29) is 11.6 Å². The highest BCUT2D eigenvalue weighted by Crippen LogP contribution is 2.29. The van der Waals surface area contributed by atoms with E-state index in [4.69, 9.17) is 23.2 Å². The van der Waals surface area contributed by atoms with Crippen molar-refractivity contribution >= 4 is 39.2 Å². The van der Waals surface area contributed by atoms with E-state index in [1.54, 1.807) is 6.92 Å². The van der Waals surface area contributed by atoms with E-state index >= 15 is 0 Å². The van der Waals surface area contributed by atoms with Gasteiger partial charge in [-0.3, -0.25) is 4.79 Å². The number of halogens is 3. The normalized spacial score (nSPS) is 13.1. The molecule has 0 bridgehead atoms. The topological polar surface area (TPSA) is 72.5 Å². The van der Waals surface area contributed by atoms with Gasteiger partial charge in [-0.2, -0.15) is 4.72 Å². The summed E-state index contributed by atoms with van der Waals surface area (Å²) in [5, 5.41) is -0.937. The summed E-state index contributed by atoms with van der Waals surface area (Å²) >= 11 is 11.1. The van der Waals surface area contributed by atoms with Crippen molar-refractivity contribution in [1.29, 1.82) is 0 Å². The summed E-state index contributed by atoms with van der Waals surface area (Å²) in [7, 11) is -4.17. The number of carbonyl (C=O) groups excluding carboxylic acids is 1. The Morgan fingerprint density at radius 1 is 1.45 bits per heavy atom. The molecule has 112 valence electrons. The number of nitrogens with one attached hydrogen (secondary N) is 1. The van der Waals surface area contributed by atoms with Crippen LogP contribution in [0.2, 0.25) is 10.0 Å². The summed E-state index contributed by atoms with van der Waals surface area (Å²) in [6.07, 6.45) is 0. The zero-order valence-electron chi connectivity index (χ0n) is 10.6. The number of rotatable bonds is 5. The van der Waals surface area contributed by atoms with Gasteiger partial charge in [-0.05, 0) is 26.0 Å². The number of carbonyl (C=O) groups is 1. The summed E-state index contributed by atoms with van der Waals surface area (Å²) in [5.74, 6) is -1.79. The molecule has 0 radical (unpaired) electrons. The van der Waals surface area contributed by atoms with Gasteiger partial charge >= 0.3 is 5.97 Å². The van der Waals surface area contributed by atoms with Gasteiger partial charge in [-0.1, -0.05) is 23.2 Å². The third kappa shape index (κ3) is 3.82. The van der Waals surface area contributed by atoms with Crippen LogP contribution in [0, 0.1) is 5.82 Å². The Kier molecular flexibility index (Phi) is 5.76.